The molecule has 0 spiro atoms. The number of phenolic OH excluding ortho intramolecular Hbond substituents is 1. The summed E-state index contributed by atoms with van der Waals surface area (Å²) < 4.78 is 10.4. The maximum Gasteiger partial charge on any atom is 0.408 e. The molecular weight excluding hydrogens is 310 g/mol. The van der Waals surface area contributed by atoms with Crippen LogP contribution in [0.25, 0.3) is 0 Å². The number of unbranched alkanes of at least 4 members (excludes halogenated alkanes) is 1. The molecule has 0 saturated carbocycles. The van der Waals surface area contributed by atoms with E-state index in [2.05, 4.69) is 5.32 Å². The predicted octanol–water partition coefficient (Wildman–Crippen LogP) is 3.17. The van der Waals surface area contributed by atoms with Crippen molar-refractivity contribution in [3.05, 3.63) is 29.8 Å². The van der Waals surface area contributed by atoms with Crippen molar-refractivity contribution >= 4 is 12.1 Å². The number of carbonyl (C=O) groups is 2. The lowest BCUT2D eigenvalue weighted by Gasteiger charge is -2.23. The Balaban J connectivity index is 2.76. The lowest BCUT2D eigenvalue weighted by molar-refractivity contribution is -0.146. The summed E-state index contributed by atoms with van der Waals surface area (Å²) in [5, 5.41) is 11.9. The van der Waals surface area contributed by atoms with E-state index in [1.165, 1.54) is 12.1 Å². The van der Waals surface area contributed by atoms with Gasteiger partial charge in [0.25, 0.3) is 0 Å². The number of hydrogen-bond acceptors (Lipinski definition) is 5. The van der Waals surface area contributed by atoms with Crippen LogP contribution in [0.5, 0.6) is 5.75 Å². The van der Waals surface area contributed by atoms with Crippen LogP contribution in [0.2, 0.25) is 0 Å². The molecule has 0 aliphatic heterocycles. The number of nitrogens with one attached hydrogen (secondary N) is 1. The van der Waals surface area contributed by atoms with Crippen molar-refractivity contribution in [3.8, 4) is 5.75 Å². The number of ether oxygens (including phenoxy) is 2. The third kappa shape index (κ3) is 7.85. The number of carbonyl (C=O) groups excluding carboxylic acids is 2. The first-order chi connectivity index (χ1) is 11.2. The standard InChI is InChI=1S/C18H27NO5/c1-5-6-11-23-16(21)15(19-17(22)24-18(2,3)4)12-13-7-9-14(20)10-8-13/h7-10,15,20H,5-6,11-12H2,1-4H3,(H,19,22)/t15-/m1/s1. The van der Waals surface area contributed by atoms with Gasteiger partial charge in [-0.05, 0) is 44.9 Å². The first-order valence-corrected chi connectivity index (χ1v) is 8.15. The van der Waals surface area contributed by atoms with Crippen LogP contribution in [0, 0.1) is 0 Å². The van der Waals surface area contributed by atoms with E-state index in [1.54, 1.807) is 32.9 Å². The van der Waals surface area contributed by atoms with Crippen molar-refractivity contribution in [1.29, 1.82) is 0 Å². The average Bonchev–Trinajstić information content (AvgIpc) is 2.47. The van der Waals surface area contributed by atoms with E-state index in [0.29, 0.717) is 6.61 Å². The fraction of sp³-hybridized carbons (Fsp3) is 0.556. The van der Waals surface area contributed by atoms with Crippen LogP contribution < -0.4 is 5.32 Å². The van der Waals surface area contributed by atoms with Crippen LogP contribution in [-0.2, 0) is 20.7 Å². The first-order valence-electron chi connectivity index (χ1n) is 8.15. The fourth-order valence-corrected chi connectivity index (χ4v) is 1.93. The summed E-state index contributed by atoms with van der Waals surface area (Å²) in [5.74, 6) is -0.358. The van der Waals surface area contributed by atoms with Gasteiger partial charge in [-0.25, -0.2) is 9.59 Å². The number of amides is 1. The molecule has 0 fully saturated rings. The minimum atomic E-state index is -0.846. The van der Waals surface area contributed by atoms with Crippen molar-refractivity contribution in [1.82, 2.24) is 5.32 Å². The summed E-state index contributed by atoms with van der Waals surface area (Å²) in [6.07, 6.45) is 1.27. The van der Waals surface area contributed by atoms with Gasteiger partial charge in [-0.15, -0.1) is 0 Å². The molecule has 1 atom stereocenters. The molecule has 1 aromatic rings. The van der Waals surface area contributed by atoms with Gasteiger partial charge in [-0.2, -0.15) is 0 Å². The second kappa shape index (κ2) is 9.15. The highest BCUT2D eigenvalue weighted by molar-refractivity contribution is 5.81. The lowest BCUT2D eigenvalue weighted by Crippen LogP contribution is -2.45. The number of hydrogen-bond donors (Lipinski definition) is 2. The fourth-order valence-electron chi connectivity index (χ4n) is 1.93. The number of esters is 1. The molecule has 6 nitrogen and oxygen atoms in total. The maximum atomic E-state index is 12.2. The molecule has 0 bridgehead atoms. The Labute approximate surface area is 143 Å². The van der Waals surface area contributed by atoms with Gasteiger partial charge in [-0.3, -0.25) is 0 Å². The van der Waals surface area contributed by atoms with E-state index in [4.69, 9.17) is 9.47 Å². The number of phenols is 1. The van der Waals surface area contributed by atoms with E-state index in [9.17, 15) is 14.7 Å². The lowest BCUT2D eigenvalue weighted by atomic mass is 10.1. The number of benzene rings is 1. The molecule has 1 rings (SSSR count). The minimum absolute atomic E-state index is 0.140. The smallest absolute Gasteiger partial charge is 0.408 e. The SMILES string of the molecule is CCCCOC(=O)[C@@H](Cc1ccc(O)cc1)NC(=O)OC(C)(C)C. The van der Waals surface area contributed by atoms with Gasteiger partial charge < -0.3 is 19.9 Å². The molecule has 1 aromatic carbocycles. The van der Waals surface area contributed by atoms with Crippen molar-refractivity contribution in [2.45, 2.75) is 58.6 Å². The van der Waals surface area contributed by atoms with Crippen molar-refractivity contribution in [2.24, 2.45) is 0 Å². The third-order valence-electron chi connectivity index (χ3n) is 3.09. The topological polar surface area (TPSA) is 84.9 Å². The Morgan fingerprint density at radius 3 is 2.38 bits per heavy atom. The monoisotopic (exact) mass is 337 g/mol. The van der Waals surface area contributed by atoms with Crippen molar-refractivity contribution in [2.75, 3.05) is 6.61 Å². The first kappa shape index (κ1) is 19.8. The van der Waals surface area contributed by atoms with Gasteiger partial charge in [0.05, 0.1) is 6.61 Å². The number of alkyl carbamates (subject to hydrolysis) is 1. The third-order valence-corrected chi connectivity index (χ3v) is 3.09. The van der Waals surface area contributed by atoms with Gasteiger partial charge in [-0.1, -0.05) is 25.5 Å². The average molecular weight is 337 g/mol. The summed E-state index contributed by atoms with van der Waals surface area (Å²) in [7, 11) is 0. The summed E-state index contributed by atoms with van der Waals surface area (Å²) in [6.45, 7) is 7.57. The highest BCUT2D eigenvalue weighted by Crippen LogP contribution is 2.13. The highest BCUT2D eigenvalue weighted by atomic mass is 16.6. The van der Waals surface area contributed by atoms with Gasteiger partial charge in [0.15, 0.2) is 0 Å². The molecule has 0 saturated heterocycles. The van der Waals surface area contributed by atoms with Crippen molar-refractivity contribution < 1.29 is 24.2 Å². The molecule has 0 unspecified atom stereocenters. The Morgan fingerprint density at radius 2 is 1.83 bits per heavy atom. The quantitative estimate of drug-likeness (QED) is 0.590. The second-order valence-corrected chi connectivity index (χ2v) is 6.59. The molecule has 0 radical (unpaired) electrons. The zero-order chi connectivity index (χ0) is 18.2. The van der Waals surface area contributed by atoms with Crippen molar-refractivity contribution in [3.63, 3.8) is 0 Å². The van der Waals surface area contributed by atoms with Crippen LogP contribution in [0.3, 0.4) is 0 Å². The number of aromatic hydroxyl groups is 1. The van der Waals surface area contributed by atoms with E-state index in [-0.39, 0.29) is 12.2 Å². The largest absolute Gasteiger partial charge is 0.508 e. The molecule has 6 heteroatoms. The summed E-state index contributed by atoms with van der Waals surface area (Å²) in [4.78, 5) is 24.2. The highest BCUT2D eigenvalue weighted by Gasteiger charge is 2.25. The summed E-state index contributed by atoms with van der Waals surface area (Å²) in [6, 6.07) is 5.60. The van der Waals surface area contributed by atoms with Gasteiger partial charge in [0, 0.05) is 6.42 Å². The zero-order valence-corrected chi connectivity index (χ0v) is 14.8. The van der Waals surface area contributed by atoms with E-state index < -0.39 is 23.7 Å². The zero-order valence-electron chi connectivity index (χ0n) is 14.8. The molecule has 2 N–H and O–H groups in total. The van der Waals surface area contributed by atoms with E-state index >= 15 is 0 Å². The van der Waals surface area contributed by atoms with Gasteiger partial charge in [0.1, 0.15) is 17.4 Å². The molecule has 1 amide bonds. The van der Waals surface area contributed by atoms with Crippen LogP contribution in [0.15, 0.2) is 24.3 Å². The normalized spacial score (nSPS) is 12.3. The van der Waals surface area contributed by atoms with Gasteiger partial charge >= 0.3 is 12.1 Å². The van der Waals surface area contributed by atoms with E-state index in [0.717, 1.165) is 18.4 Å². The molecule has 0 aliphatic rings. The Hall–Kier alpha value is -2.24. The van der Waals surface area contributed by atoms with Crippen LogP contribution >= 0.6 is 0 Å². The second-order valence-electron chi connectivity index (χ2n) is 6.59. The molecule has 0 heterocycles. The van der Waals surface area contributed by atoms with Crippen LogP contribution in [0.1, 0.15) is 46.1 Å². The van der Waals surface area contributed by atoms with Gasteiger partial charge in [0.2, 0.25) is 0 Å². The number of rotatable bonds is 7. The molecular formula is C18H27NO5. The Bertz CT molecular complexity index is 533. The van der Waals surface area contributed by atoms with Crippen LogP contribution in [-0.4, -0.2) is 35.4 Å². The molecule has 134 valence electrons. The maximum absolute atomic E-state index is 12.2. The summed E-state index contributed by atoms with van der Waals surface area (Å²) >= 11 is 0. The predicted molar refractivity (Wildman–Crippen MR) is 90.8 cm³/mol. The van der Waals surface area contributed by atoms with E-state index in [1.807, 2.05) is 6.92 Å². The summed E-state index contributed by atoms with van der Waals surface area (Å²) in [5.41, 5.74) is 0.139. The Morgan fingerprint density at radius 1 is 1.21 bits per heavy atom. The molecule has 24 heavy (non-hydrogen) atoms. The molecule has 0 aliphatic carbocycles. The van der Waals surface area contributed by atoms with Crippen LogP contribution in [0.4, 0.5) is 4.79 Å². The Kier molecular flexibility index (Phi) is 7.55. The molecule has 0 aromatic heterocycles. The minimum Gasteiger partial charge on any atom is -0.508 e.